The van der Waals surface area contributed by atoms with Crippen LogP contribution < -0.4 is 0 Å². The molecule has 8 heteroatoms. The molecular weight excluding hydrogens is 654 g/mol. The SMILES string of the molecule is CCCCCCCCCCCOC(=O)CCCCCN(CCO)CCOC(=O)CCCCC(=O)OC(CCCCCCCC)CCCCCCCC. The second kappa shape index (κ2) is 40.5. The van der Waals surface area contributed by atoms with Crippen LogP contribution in [0.2, 0.25) is 0 Å². The Hall–Kier alpha value is -1.67. The maximum atomic E-state index is 12.6. The van der Waals surface area contributed by atoms with Gasteiger partial charge in [0.15, 0.2) is 0 Å². The third-order valence-electron chi connectivity index (χ3n) is 10.0. The Morgan fingerprint density at radius 3 is 1.35 bits per heavy atom. The van der Waals surface area contributed by atoms with Gasteiger partial charge in [-0.1, -0.05) is 143 Å². The first-order chi connectivity index (χ1) is 25.5. The third-order valence-corrected chi connectivity index (χ3v) is 10.0. The van der Waals surface area contributed by atoms with Gasteiger partial charge in [0.25, 0.3) is 0 Å². The average molecular weight is 740 g/mol. The van der Waals surface area contributed by atoms with Crippen LogP contribution in [-0.4, -0.2) is 73.5 Å². The molecule has 0 rings (SSSR count). The van der Waals surface area contributed by atoms with Crippen LogP contribution in [-0.2, 0) is 28.6 Å². The highest BCUT2D eigenvalue weighted by Gasteiger charge is 2.15. The Bertz CT molecular complexity index is 777. The first-order valence-corrected chi connectivity index (χ1v) is 22.3. The number of unbranched alkanes of at least 4 members (excludes halogenated alkanes) is 21. The minimum absolute atomic E-state index is 0.0207. The zero-order valence-electron chi connectivity index (χ0n) is 34.6. The van der Waals surface area contributed by atoms with E-state index in [1.807, 2.05) is 0 Å². The summed E-state index contributed by atoms with van der Waals surface area (Å²) in [6.45, 7) is 9.46. The van der Waals surface area contributed by atoms with Crippen molar-refractivity contribution in [1.29, 1.82) is 0 Å². The fraction of sp³-hybridized carbons (Fsp3) is 0.932. The van der Waals surface area contributed by atoms with Crippen molar-refractivity contribution < 1.29 is 33.7 Å². The minimum atomic E-state index is -0.248. The highest BCUT2D eigenvalue weighted by molar-refractivity contribution is 5.70. The zero-order valence-corrected chi connectivity index (χ0v) is 34.6. The maximum Gasteiger partial charge on any atom is 0.306 e. The number of carbonyl (C=O) groups is 3. The molecule has 0 heterocycles. The van der Waals surface area contributed by atoms with Gasteiger partial charge >= 0.3 is 17.9 Å². The van der Waals surface area contributed by atoms with Crippen LogP contribution in [0.4, 0.5) is 0 Å². The molecule has 0 bridgehead atoms. The standard InChI is InChI=1S/C44H85NO7/c1-4-7-10-13-16-17-18-21-29-39-50-42(47)32-25-22-28-35-45(36-38-46)37-40-51-43(48)33-26-27-34-44(49)52-41(30-23-19-14-11-8-5-2)31-24-20-15-12-9-6-3/h41,46H,4-40H2,1-3H3. The number of nitrogens with zero attached hydrogens (tertiary/aromatic N) is 1. The molecule has 0 aromatic rings. The van der Waals surface area contributed by atoms with Gasteiger partial charge in [0.2, 0.25) is 0 Å². The van der Waals surface area contributed by atoms with Crippen LogP contribution in [0, 0.1) is 0 Å². The van der Waals surface area contributed by atoms with Gasteiger partial charge in [-0.3, -0.25) is 19.3 Å². The molecule has 0 radical (unpaired) electrons. The normalized spacial score (nSPS) is 11.4. The Morgan fingerprint density at radius 2 is 0.846 bits per heavy atom. The summed E-state index contributed by atoms with van der Waals surface area (Å²) in [5.41, 5.74) is 0. The second-order valence-electron chi connectivity index (χ2n) is 15.1. The molecule has 52 heavy (non-hydrogen) atoms. The monoisotopic (exact) mass is 740 g/mol. The number of hydrogen-bond donors (Lipinski definition) is 1. The molecule has 0 aromatic heterocycles. The summed E-state index contributed by atoms with van der Waals surface area (Å²) in [5, 5.41) is 9.47. The number of aliphatic hydroxyl groups is 1. The Morgan fingerprint density at radius 1 is 0.442 bits per heavy atom. The summed E-state index contributed by atoms with van der Waals surface area (Å²) in [6.07, 6.45) is 33.0. The largest absolute Gasteiger partial charge is 0.466 e. The highest BCUT2D eigenvalue weighted by Crippen LogP contribution is 2.18. The predicted octanol–water partition coefficient (Wildman–Crippen LogP) is 11.4. The second-order valence-corrected chi connectivity index (χ2v) is 15.1. The van der Waals surface area contributed by atoms with E-state index in [0.717, 1.165) is 64.3 Å². The molecule has 0 fully saturated rings. The number of ether oxygens (including phenoxy) is 3. The molecule has 0 unspecified atom stereocenters. The van der Waals surface area contributed by atoms with Crippen LogP contribution >= 0.6 is 0 Å². The molecule has 8 nitrogen and oxygen atoms in total. The van der Waals surface area contributed by atoms with Gasteiger partial charge in [-0.05, 0) is 64.3 Å². The number of carbonyl (C=O) groups excluding carboxylic acids is 3. The Kier molecular flexibility index (Phi) is 39.2. The lowest BCUT2D eigenvalue weighted by atomic mass is 10.0. The van der Waals surface area contributed by atoms with E-state index in [9.17, 15) is 19.5 Å². The first-order valence-electron chi connectivity index (χ1n) is 22.3. The fourth-order valence-corrected chi connectivity index (χ4v) is 6.64. The smallest absolute Gasteiger partial charge is 0.306 e. The summed E-state index contributed by atoms with van der Waals surface area (Å²) in [6, 6.07) is 0. The van der Waals surface area contributed by atoms with Crippen molar-refractivity contribution >= 4 is 17.9 Å². The molecule has 0 atom stereocenters. The topological polar surface area (TPSA) is 102 Å². The highest BCUT2D eigenvalue weighted by atomic mass is 16.5. The molecule has 0 aliphatic rings. The van der Waals surface area contributed by atoms with Crippen molar-refractivity contribution in [2.45, 2.75) is 226 Å². The van der Waals surface area contributed by atoms with Crippen LogP contribution in [0.1, 0.15) is 220 Å². The summed E-state index contributed by atoms with van der Waals surface area (Å²) >= 11 is 0. The van der Waals surface area contributed by atoms with E-state index in [2.05, 4.69) is 25.7 Å². The molecule has 0 aliphatic carbocycles. The lowest BCUT2D eigenvalue weighted by molar-refractivity contribution is -0.150. The van der Waals surface area contributed by atoms with E-state index in [-0.39, 0.29) is 37.2 Å². The quantitative estimate of drug-likeness (QED) is 0.0375. The van der Waals surface area contributed by atoms with Crippen LogP contribution in [0.3, 0.4) is 0 Å². The van der Waals surface area contributed by atoms with Crippen molar-refractivity contribution in [2.75, 3.05) is 39.5 Å². The predicted molar refractivity (Wildman–Crippen MR) is 215 cm³/mol. The molecule has 0 amide bonds. The molecule has 308 valence electrons. The number of rotatable bonds is 41. The first kappa shape index (κ1) is 50.3. The number of aliphatic hydroxyl groups excluding tert-OH is 1. The molecule has 0 saturated heterocycles. The summed E-state index contributed by atoms with van der Waals surface area (Å²) in [7, 11) is 0. The summed E-state index contributed by atoms with van der Waals surface area (Å²) in [4.78, 5) is 39.1. The van der Waals surface area contributed by atoms with Gasteiger partial charge < -0.3 is 19.3 Å². The maximum absolute atomic E-state index is 12.6. The van der Waals surface area contributed by atoms with Crippen LogP contribution in [0.15, 0.2) is 0 Å². The molecule has 1 N–H and O–H groups in total. The van der Waals surface area contributed by atoms with Crippen molar-refractivity contribution in [2.24, 2.45) is 0 Å². The van der Waals surface area contributed by atoms with Gasteiger partial charge in [0.05, 0.1) is 13.2 Å². The van der Waals surface area contributed by atoms with Gasteiger partial charge in [-0.2, -0.15) is 0 Å². The molecule has 0 aliphatic heterocycles. The van der Waals surface area contributed by atoms with Crippen molar-refractivity contribution in [3.8, 4) is 0 Å². The van der Waals surface area contributed by atoms with E-state index in [4.69, 9.17) is 14.2 Å². The minimum Gasteiger partial charge on any atom is -0.466 e. The number of esters is 3. The van der Waals surface area contributed by atoms with Crippen LogP contribution in [0.5, 0.6) is 0 Å². The third kappa shape index (κ3) is 36.7. The van der Waals surface area contributed by atoms with Crippen molar-refractivity contribution in [3.05, 3.63) is 0 Å². The van der Waals surface area contributed by atoms with Gasteiger partial charge in [-0.25, -0.2) is 0 Å². The fourth-order valence-electron chi connectivity index (χ4n) is 6.64. The zero-order chi connectivity index (χ0) is 38.2. The van der Waals surface area contributed by atoms with Crippen molar-refractivity contribution in [1.82, 2.24) is 4.90 Å². The van der Waals surface area contributed by atoms with E-state index in [1.54, 1.807) is 0 Å². The Balaban J connectivity index is 4.05. The van der Waals surface area contributed by atoms with Gasteiger partial charge in [-0.15, -0.1) is 0 Å². The summed E-state index contributed by atoms with van der Waals surface area (Å²) < 4.78 is 16.8. The molecule has 0 aromatic carbocycles. The van der Waals surface area contributed by atoms with E-state index < -0.39 is 0 Å². The number of hydrogen-bond acceptors (Lipinski definition) is 8. The average Bonchev–Trinajstić information content (AvgIpc) is 3.13. The van der Waals surface area contributed by atoms with Crippen LogP contribution in [0.25, 0.3) is 0 Å². The van der Waals surface area contributed by atoms with E-state index in [0.29, 0.717) is 51.8 Å². The van der Waals surface area contributed by atoms with E-state index in [1.165, 1.54) is 109 Å². The van der Waals surface area contributed by atoms with Crippen molar-refractivity contribution in [3.63, 3.8) is 0 Å². The molecule has 0 spiro atoms. The molecule has 0 saturated carbocycles. The summed E-state index contributed by atoms with van der Waals surface area (Å²) in [5.74, 6) is -0.491. The van der Waals surface area contributed by atoms with Gasteiger partial charge in [0.1, 0.15) is 12.7 Å². The Labute approximate surface area is 321 Å². The van der Waals surface area contributed by atoms with E-state index >= 15 is 0 Å². The lowest BCUT2D eigenvalue weighted by Gasteiger charge is -2.21. The lowest BCUT2D eigenvalue weighted by Crippen LogP contribution is -2.32. The van der Waals surface area contributed by atoms with Gasteiger partial charge in [0, 0.05) is 32.4 Å². The molecular formula is C44H85NO7.